The number of hydrogen-bond donors (Lipinski definition) is 3. The Morgan fingerprint density at radius 3 is 2.71 bits per heavy atom. The molecule has 1 aliphatic carbocycles. The Kier molecular flexibility index (Phi) is 8.50. The number of fused-ring (bicyclic) bond motifs is 1. The Labute approximate surface area is 243 Å². The number of aliphatic hydroxyl groups is 1. The summed E-state index contributed by atoms with van der Waals surface area (Å²) >= 11 is 0. The highest BCUT2D eigenvalue weighted by Crippen LogP contribution is 2.26. The highest BCUT2D eigenvalue weighted by atomic mass is 16.6. The summed E-state index contributed by atoms with van der Waals surface area (Å²) in [6, 6.07) is 4.79. The standard InChI is InChI=1S/C29H39N7O6/c1-29(2,3)42-28(40)34(4)23-16-22(32-21-11-8-13-35(27(21)39)24-12-5-6-14-41-24)33-25-20(17-30-36(23)25)26(38)31-18-9-7-10-19(37)15-18/h8,11,13,16-19,24,37H,5-7,9-10,12,14-15H2,1-4H3,(H,31,38)(H,32,33)/t18?,19-,24+/m1/s1. The fourth-order valence-electron chi connectivity index (χ4n) is 5.31. The van der Waals surface area contributed by atoms with Crippen LogP contribution < -0.4 is 21.1 Å². The zero-order chi connectivity index (χ0) is 30.0. The number of pyridine rings is 1. The lowest BCUT2D eigenvalue weighted by Gasteiger charge is -2.26. The first kappa shape index (κ1) is 29.5. The van der Waals surface area contributed by atoms with Gasteiger partial charge in [0.2, 0.25) is 0 Å². The summed E-state index contributed by atoms with van der Waals surface area (Å²) in [4.78, 5) is 45.7. The maximum absolute atomic E-state index is 13.4. The van der Waals surface area contributed by atoms with Crippen LogP contribution in [0.1, 0.15) is 82.3 Å². The number of carbonyl (C=O) groups is 2. The predicted octanol–water partition coefficient (Wildman–Crippen LogP) is 3.74. The number of aliphatic hydroxyl groups excluding tert-OH is 1. The average molecular weight is 582 g/mol. The van der Waals surface area contributed by atoms with Gasteiger partial charge in [0.15, 0.2) is 5.65 Å². The molecular formula is C29H39N7O6. The summed E-state index contributed by atoms with van der Waals surface area (Å²) in [5.74, 6) is 0.113. The molecule has 0 radical (unpaired) electrons. The lowest BCUT2D eigenvalue weighted by atomic mass is 9.93. The molecule has 0 bridgehead atoms. The second-order valence-corrected chi connectivity index (χ2v) is 11.9. The predicted molar refractivity (Wildman–Crippen MR) is 156 cm³/mol. The first-order valence-corrected chi connectivity index (χ1v) is 14.4. The van der Waals surface area contributed by atoms with E-state index in [1.165, 1.54) is 22.7 Å². The number of aromatic nitrogens is 4. The maximum Gasteiger partial charge on any atom is 0.415 e. The van der Waals surface area contributed by atoms with Gasteiger partial charge in [0, 0.05) is 32.0 Å². The largest absolute Gasteiger partial charge is 0.443 e. The molecule has 13 nitrogen and oxygen atoms in total. The molecular weight excluding hydrogens is 542 g/mol. The maximum atomic E-state index is 13.4. The van der Waals surface area contributed by atoms with Crippen molar-refractivity contribution in [1.29, 1.82) is 0 Å². The number of rotatable bonds is 6. The van der Waals surface area contributed by atoms with Crippen molar-refractivity contribution in [3.05, 3.63) is 46.5 Å². The van der Waals surface area contributed by atoms with Crippen LogP contribution in [0.2, 0.25) is 0 Å². The molecule has 226 valence electrons. The van der Waals surface area contributed by atoms with E-state index in [-0.39, 0.29) is 46.4 Å². The molecule has 4 heterocycles. The van der Waals surface area contributed by atoms with Gasteiger partial charge in [0.05, 0.1) is 12.3 Å². The summed E-state index contributed by atoms with van der Waals surface area (Å²) in [5.41, 5.74) is -0.384. The van der Waals surface area contributed by atoms with Gasteiger partial charge in [-0.05, 0) is 77.8 Å². The van der Waals surface area contributed by atoms with E-state index in [0.717, 1.165) is 32.1 Å². The second-order valence-electron chi connectivity index (χ2n) is 11.9. The molecule has 3 N–H and O–H groups in total. The van der Waals surface area contributed by atoms with E-state index in [9.17, 15) is 19.5 Å². The molecule has 3 aromatic heterocycles. The van der Waals surface area contributed by atoms with Crippen molar-refractivity contribution in [2.24, 2.45) is 0 Å². The van der Waals surface area contributed by atoms with Crippen LogP contribution in [0.4, 0.5) is 22.1 Å². The van der Waals surface area contributed by atoms with Crippen molar-refractivity contribution >= 4 is 35.0 Å². The molecule has 2 aliphatic rings. The second kappa shape index (κ2) is 12.1. The monoisotopic (exact) mass is 581 g/mol. The summed E-state index contributed by atoms with van der Waals surface area (Å²) in [5, 5.41) is 20.5. The van der Waals surface area contributed by atoms with Gasteiger partial charge in [0.25, 0.3) is 11.5 Å². The molecule has 2 fully saturated rings. The minimum absolute atomic E-state index is 0.175. The molecule has 13 heteroatoms. The van der Waals surface area contributed by atoms with Crippen LogP contribution in [0.5, 0.6) is 0 Å². The Morgan fingerprint density at radius 2 is 2.00 bits per heavy atom. The molecule has 0 aromatic carbocycles. The molecule has 5 rings (SSSR count). The van der Waals surface area contributed by atoms with Crippen LogP contribution in [0, 0.1) is 0 Å². The molecule has 3 aromatic rings. The number of nitrogens with one attached hydrogen (secondary N) is 2. The number of carbonyl (C=O) groups excluding carboxylic acids is 2. The molecule has 3 atom stereocenters. The third-order valence-corrected chi connectivity index (χ3v) is 7.39. The van der Waals surface area contributed by atoms with E-state index in [4.69, 9.17) is 9.47 Å². The topological polar surface area (TPSA) is 152 Å². The zero-order valence-electron chi connectivity index (χ0n) is 24.5. The zero-order valence-corrected chi connectivity index (χ0v) is 24.5. The van der Waals surface area contributed by atoms with Crippen LogP contribution in [0.15, 0.2) is 35.4 Å². The van der Waals surface area contributed by atoms with E-state index in [0.29, 0.717) is 19.4 Å². The molecule has 1 unspecified atom stereocenters. The fourth-order valence-corrected chi connectivity index (χ4v) is 5.31. The van der Waals surface area contributed by atoms with Gasteiger partial charge in [-0.2, -0.15) is 9.61 Å². The summed E-state index contributed by atoms with van der Waals surface area (Å²) in [6.45, 7) is 5.90. The van der Waals surface area contributed by atoms with Gasteiger partial charge in [-0.1, -0.05) is 0 Å². The molecule has 42 heavy (non-hydrogen) atoms. The first-order chi connectivity index (χ1) is 20.0. The number of hydrogen-bond acceptors (Lipinski definition) is 9. The van der Waals surface area contributed by atoms with E-state index in [2.05, 4.69) is 20.7 Å². The van der Waals surface area contributed by atoms with Crippen molar-refractivity contribution in [3.63, 3.8) is 0 Å². The van der Waals surface area contributed by atoms with Crippen molar-refractivity contribution in [2.75, 3.05) is 23.9 Å². The summed E-state index contributed by atoms with van der Waals surface area (Å²) in [7, 11) is 1.54. The van der Waals surface area contributed by atoms with Gasteiger partial charge in [-0.15, -0.1) is 0 Å². The molecule has 2 amide bonds. The van der Waals surface area contributed by atoms with E-state index < -0.39 is 23.7 Å². The van der Waals surface area contributed by atoms with Gasteiger partial charge in [-0.3, -0.25) is 19.1 Å². The van der Waals surface area contributed by atoms with Crippen LogP contribution in [-0.4, -0.2) is 67.7 Å². The van der Waals surface area contributed by atoms with Gasteiger partial charge in [0.1, 0.15) is 34.7 Å². The smallest absolute Gasteiger partial charge is 0.415 e. The highest BCUT2D eigenvalue weighted by molar-refractivity contribution is 6.00. The summed E-state index contributed by atoms with van der Waals surface area (Å²) < 4.78 is 14.3. The third-order valence-electron chi connectivity index (χ3n) is 7.39. The Bertz CT molecular complexity index is 1500. The van der Waals surface area contributed by atoms with E-state index in [1.807, 2.05) is 0 Å². The molecule has 1 saturated heterocycles. The summed E-state index contributed by atoms with van der Waals surface area (Å²) in [6.07, 6.45) is 7.11. The lowest BCUT2D eigenvalue weighted by Crippen LogP contribution is -2.39. The molecule has 0 spiro atoms. The van der Waals surface area contributed by atoms with Crippen LogP contribution in [0.3, 0.4) is 0 Å². The van der Waals surface area contributed by atoms with Crippen molar-refractivity contribution < 1.29 is 24.2 Å². The van der Waals surface area contributed by atoms with Crippen LogP contribution >= 0.6 is 0 Å². The fraction of sp³-hybridized carbons (Fsp3) is 0.552. The van der Waals surface area contributed by atoms with E-state index >= 15 is 0 Å². The van der Waals surface area contributed by atoms with Gasteiger partial charge >= 0.3 is 6.09 Å². The normalized spacial score (nSPS) is 21.1. The highest BCUT2D eigenvalue weighted by Gasteiger charge is 2.27. The molecule has 1 saturated carbocycles. The third kappa shape index (κ3) is 6.57. The first-order valence-electron chi connectivity index (χ1n) is 14.4. The number of ether oxygens (including phenoxy) is 2. The SMILES string of the molecule is CN(C(=O)OC(C)(C)C)c1cc(Nc2cccn([C@@H]3CCCCO3)c2=O)nc2c(C(=O)NC3CCC[C@@H](O)C3)cnn12. The van der Waals surface area contributed by atoms with Crippen LogP contribution in [0.25, 0.3) is 5.65 Å². The number of anilines is 3. The minimum atomic E-state index is -0.741. The van der Waals surface area contributed by atoms with Crippen molar-refractivity contribution in [3.8, 4) is 0 Å². The van der Waals surface area contributed by atoms with Crippen molar-refractivity contribution in [2.45, 2.75) is 89.7 Å². The average Bonchev–Trinajstić information content (AvgIpc) is 3.37. The number of amides is 2. The van der Waals surface area contributed by atoms with Crippen molar-refractivity contribution in [1.82, 2.24) is 24.5 Å². The lowest BCUT2D eigenvalue weighted by molar-refractivity contribution is -0.0339. The Hall–Kier alpha value is -3.97. The molecule has 1 aliphatic heterocycles. The quantitative estimate of drug-likeness (QED) is 0.395. The Balaban J connectivity index is 1.52. The number of nitrogens with zero attached hydrogens (tertiary/aromatic N) is 5. The van der Waals surface area contributed by atoms with Crippen LogP contribution in [-0.2, 0) is 9.47 Å². The Morgan fingerprint density at radius 1 is 1.19 bits per heavy atom. The minimum Gasteiger partial charge on any atom is -0.443 e. The van der Waals surface area contributed by atoms with Gasteiger partial charge in [-0.25, -0.2) is 9.78 Å². The van der Waals surface area contributed by atoms with E-state index in [1.54, 1.807) is 49.7 Å². The van der Waals surface area contributed by atoms with Gasteiger partial charge < -0.3 is 25.2 Å².